The van der Waals surface area contributed by atoms with Crippen LogP contribution in [-0.2, 0) is 0 Å². The van der Waals surface area contributed by atoms with E-state index in [2.05, 4.69) is 21.2 Å². The molecule has 2 aromatic rings. The number of carbonyl (C=O) groups is 1. The molecular weight excluding hydrogens is 332 g/mol. The summed E-state index contributed by atoms with van der Waals surface area (Å²) >= 11 is 3.42. The molecule has 0 aliphatic rings. The predicted molar refractivity (Wildman–Crippen MR) is 87.8 cm³/mol. The van der Waals surface area contributed by atoms with Crippen LogP contribution in [0.4, 0.5) is 5.69 Å². The first-order valence-corrected chi connectivity index (χ1v) is 7.40. The van der Waals surface area contributed by atoms with E-state index in [1.807, 2.05) is 37.3 Å². The van der Waals surface area contributed by atoms with Crippen molar-refractivity contribution in [2.24, 2.45) is 5.73 Å². The molecule has 0 bridgehead atoms. The van der Waals surface area contributed by atoms with E-state index in [4.69, 9.17) is 10.5 Å². The minimum absolute atomic E-state index is 0.151. The topological polar surface area (TPSA) is 64.3 Å². The molecule has 3 N–H and O–H groups in total. The minimum Gasteiger partial charge on any atom is -0.492 e. The number of hydrogen-bond donors (Lipinski definition) is 2. The Bertz CT molecular complexity index is 644. The number of rotatable bonds is 5. The van der Waals surface area contributed by atoms with Crippen LogP contribution >= 0.6 is 15.9 Å². The van der Waals surface area contributed by atoms with Crippen LogP contribution < -0.4 is 15.8 Å². The Balaban J connectivity index is 2.10. The van der Waals surface area contributed by atoms with E-state index in [1.54, 1.807) is 12.1 Å². The fraction of sp³-hybridized carbons (Fsp3) is 0.188. The van der Waals surface area contributed by atoms with Crippen molar-refractivity contribution in [2.45, 2.75) is 6.92 Å². The van der Waals surface area contributed by atoms with Gasteiger partial charge in [0.15, 0.2) is 0 Å². The maximum absolute atomic E-state index is 12.2. The van der Waals surface area contributed by atoms with Gasteiger partial charge in [0.1, 0.15) is 12.4 Å². The van der Waals surface area contributed by atoms with Crippen molar-refractivity contribution in [3.8, 4) is 5.75 Å². The normalized spacial score (nSPS) is 10.2. The quantitative estimate of drug-likeness (QED) is 0.870. The van der Waals surface area contributed by atoms with Crippen LogP contribution in [0.15, 0.2) is 46.9 Å². The standard InChI is InChI=1S/C16H17BrN2O2/c1-11-9-12(5-6-15(11)17)16(20)19-13-3-2-4-14(10-13)21-8-7-18/h2-6,9-10H,7-8,18H2,1H3,(H,19,20). The summed E-state index contributed by atoms with van der Waals surface area (Å²) in [6.07, 6.45) is 0. The zero-order valence-corrected chi connectivity index (χ0v) is 13.3. The van der Waals surface area contributed by atoms with Crippen LogP contribution in [0.25, 0.3) is 0 Å². The molecule has 0 saturated carbocycles. The average Bonchev–Trinajstić information content (AvgIpc) is 2.48. The van der Waals surface area contributed by atoms with Gasteiger partial charge in [-0.1, -0.05) is 22.0 Å². The van der Waals surface area contributed by atoms with Gasteiger partial charge in [0.05, 0.1) is 0 Å². The zero-order valence-electron chi connectivity index (χ0n) is 11.7. The number of nitrogens with two attached hydrogens (primary N) is 1. The maximum Gasteiger partial charge on any atom is 0.255 e. The first-order chi connectivity index (χ1) is 10.1. The van der Waals surface area contributed by atoms with E-state index in [1.165, 1.54) is 0 Å². The molecule has 0 aliphatic carbocycles. The molecule has 4 nitrogen and oxygen atoms in total. The van der Waals surface area contributed by atoms with Gasteiger partial charge in [-0.25, -0.2) is 0 Å². The lowest BCUT2D eigenvalue weighted by molar-refractivity contribution is 0.102. The highest BCUT2D eigenvalue weighted by molar-refractivity contribution is 9.10. The molecule has 1 amide bonds. The van der Waals surface area contributed by atoms with Gasteiger partial charge >= 0.3 is 0 Å². The molecule has 0 aromatic heterocycles. The lowest BCUT2D eigenvalue weighted by atomic mass is 10.1. The molecule has 0 fully saturated rings. The van der Waals surface area contributed by atoms with Gasteiger partial charge in [0.2, 0.25) is 0 Å². The van der Waals surface area contributed by atoms with Crippen molar-refractivity contribution < 1.29 is 9.53 Å². The van der Waals surface area contributed by atoms with E-state index >= 15 is 0 Å². The monoisotopic (exact) mass is 348 g/mol. The number of aryl methyl sites for hydroxylation is 1. The molecule has 0 radical (unpaired) electrons. The van der Waals surface area contributed by atoms with Gasteiger partial charge in [0.25, 0.3) is 5.91 Å². The number of benzene rings is 2. The number of ether oxygens (including phenoxy) is 1. The molecule has 0 spiro atoms. The maximum atomic E-state index is 12.2. The second-order valence-electron chi connectivity index (χ2n) is 4.58. The Labute approximate surface area is 132 Å². The Morgan fingerprint density at radius 3 is 2.81 bits per heavy atom. The Hall–Kier alpha value is -1.85. The molecule has 2 rings (SSSR count). The highest BCUT2D eigenvalue weighted by Gasteiger charge is 2.08. The molecule has 0 aliphatic heterocycles. The van der Waals surface area contributed by atoms with Crippen LogP contribution in [0, 0.1) is 6.92 Å². The van der Waals surface area contributed by atoms with Crippen LogP contribution in [0.5, 0.6) is 5.75 Å². The Morgan fingerprint density at radius 1 is 1.29 bits per heavy atom. The van der Waals surface area contributed by atoms with Gasteiger partial charge in [-0.2, -0.15) is 0 Å². The van der Waals surface area contributed by atoms with Crippen LogP contribution in [-0.4, -0.2) is 19.1 Å². The van der Waals surface area contributed by atoms with Gasteiger partial charge < -0.3 is 15.8 Å². The number of amides is 1. The molecule has 5 heteroatoms. The SMILES string of the molecule is Cc1cc(C(=O)Nc2cccc(OCCN)c2)ccc1Br. The molecule has 21 heavy (non-hydrogen) atoms. The summed E-state index contributed by atoms with van der Waals surface area (Å²) < 4.78 is 6.42. The van der Waals surface area contributed by atoms with Crippen LogP contribution in [0.2, 0.25) is 0 Å². The average molecular weight is 349 g/mol. The first-order valence-electron chi connectivity index (χ1n) is 6.60. The van der Waals surface area contributed by atoms with Crippen molar-refractivity contribution in [3.05, 3.63) is 58.1 Å². The third-order valence-electron chi connectivity index (χ3n) is 2.90. The summed E-state index contributed by atoms with van der Waals surface area (Å²) in [6.45, 7) is 2.85. The molecular formula is C16H17BrN2O2. The predicted octanol–water partition coefficient (Wildman–Crippen LogP) is 3.35. The Kier molecular flexibility index (Phi) is 5.36. The van der Waals surface area contributed by atoms with Crippen molar-refractivity contribution in [3.63, 3.8) is 0 Å². The van der Waals surface area contributed by atoms with E-state index in [0.717, 1.165) is 10.0 Å². The summed E-state index contributed by atoms with van der Waals surface area (Å²) in [4.78, 5) is 12.2. The van der Waals surface area contributed by atoms with Gasteiger partial charge in [-0.15, -0.1) is 0 Å². The fourth-order valence-electron chi connectivity index (χ4n) is 1.83. The van der Waals surface area contributed by atoms with E-state index in [0.29, 0.717) is 30.2 Å². The lowest BCUT2D eigenvalue weighted by Crippen LogP contribution is -2.13. The second-order valence-corrected chi connectivity index (χ2v) is 5.44. The number of anilines is 1. The summed E-state index contributed by atoms with van der Waals surface area (Å²) in [7, 11) is 0. The van der Waals surface area contributed by atoms with Gasteiger partial charge in [0, 0.05) is 28.3 Å². The summed E-state index contributed by atoms with van der Waals surface area (Å²) in [6, 6.07) is 12.7. The van der Waals surface area contributed by atoms with Crippen LogP contribution in [0.1, 0.15) is 15.9 Å². The van der Waals surface area contributed by atoms with Crippen molar-refractivity contribution in [1.82, 2.24) is 0 Å². The van der Waals surface area contributed by atoms with Gasteiger partial charge in [-0.05, 0) is 42.8 Å². The van der Waals surface area contributed by atoms with Gasteiger partial charge in [-0.3, -0.25) is 4.79 Å². The molecule has 2 aromatic carbocycles. The molecule has 110 valence electrons. The largest absolute Gasteiger partial charge is 0.492 e. The summed E-state index contributed by atoms with van der Waals surface area (Å²) in [5.41, 5.74) is 7.72. The third kappa shape index (κ3) is 4.31. The van der Waals surface area contributed by atoms with Crippen molar-refractivity contribution in [1.29, 1.82) is 0 Å². The smallest absolute Gasteiger partial charge is 0.255 e. The fourth-order valence-corrected chi connectivity index (χ4v) is 2.08. The molecule has 0 atom stereocenters. The third-order valence-corrected chi connectivity index (χ3v) is 3.79. The van der Waals surface area contributed by atoms with Crippen molar-refractivity contribution >= 4 is 27.5 Å². The number of nitrogens with one attached hydrogen (secondary N) is 1. The van der Waals surface area contributed by atoms with E-state index < -0.39 is 0 Å². The number of halogens is 1. The van der Waals surface area contributed by atoms with Crippen LogP contribution in [0.3, 0.4) is 0 Å². The number of hydrogen-bond acceptors (Lipinski definition) is 3. The highest BCUT2D eigenvalue weighted by atomic mass is 79.9. The summed E-state index contributed by atoms with van der Waals surface area (Å²) in [5.74, 6) is 0.534. The molecule has 0 saturated heterocycles. The second kappa shape index (κ2) is 7.24. The molecule has 0 unspecified atom stereocenters. The first kappa shape index (κ1) is 15.5. The van der Waals surface area contributed by atoms with Crippen molar-refractivity contribution in [2.75, 3.05) is 18.5 Å². The summed E-state index contributed by atoms with van der Waals surface area (Å²) in [5, 5.41) is 2.86. The lowest BCUT2D eigenvalue weighted by Gasteiger charge is -2.09. The van der Waals surface area contributed by atoms with E-state index in [9.17, 15) is 4.79 Å². The minimum atomic E-state index is -0.151. The highest BCUT2D eigenvalue weighted by Crippen LogP contribution is 2.20. The zero-order chi connectivity index (χ0) is 15.2. The Morgan fingerprint density at radius 2 is 2.10 bits per heavy atom. The number of carbonyl (C=O) groups excluding carboxylic acids is 1. The van der Waals surface area contributed by atoms with E-state index in [-0.39, 0.29) is 5.91 Å². The molecule has 0 heterocycles.